The summed E-state index contributed by atoms with van der Waals surface area (Å²) in [4.78, 5) is 14.0. The van der Waals surface area contributed by atoms with Gasteiger partial charge in [0.05, 0.1) is 18.6 Å². The minimum absolute atomic E-state index is 0.0796. The quantitative estimate of drug-likeness (QED) is 0.646. The van der Waals surface area contributed by atoms with Crippen molar-refractivity contribution in [2.45, 2.75) is 52.6 Å². The molecule has 1 unspecified atom stereocenters. The third kappa shape index (κ3) is 2.80. The van der Waals surface area contributed by atoms with Gasteiger partial charge in [-0.25, -0.2) is 0 Å². The topological polar surface area (TPSA) is 43.4 Å². The van der Waals surface area contributed by atoms with E-state index in [1.165, 1.54) is 0 Å². The second-order valence-corrected chi connectivity index (χ2v) is 6.34. The molecule has 1 amide bonds. The molecule has 1 aliphatic rings. The van der Waals surface area contributed by atoms with Crippen LogP contribution in [-0.4, -0.2) is 53.2 Å². The second-order valence-electron chi connectivity index (χ2n) is 6.34. The molecule has 0 saturated carbocycles. The van der Waals surface area contributed by atoms with Gasteiger partial charge >= 0.3 is 0 Å². The molecule has 0 radical (unpaired) electrons. The van der Waals surface area contributed by atoms with Crippen LogP contribution < -0.4 is 5.11 Å². The Balaban J connectivity index is 2.92. The summed E-state index contributed by atoms with van der Waals surface area (Å²) in [5, 5.41) is 11.6. The molecule has 1 rings (SSSR count). The Kier molecular flexibility index (Phi) is 4.20. The Hall–Kier alpha value is -0.610. The molecule has 1 aliphatic heterocycles. The monoisotopic (exact) mass is 242 g/mol. The summed E-state index contributed by atoms with van der Waals surface area (Å²) in [5.74, 6) is 0. The van der Waals surface area contributed by atoms with Crippen molar-refractivity contribution in [2.75, 3.05) is 26.2 Å². The van der Waals surface area contributed by atoms with E-state index in [1.807, 2.05) is 20.8 Å². The highest BCUT2D eigenvalue weighted by atomic mass is 16.4. The van der Waals surface area contributed by atoms with Crippen LogP contribution in [0.1, 0.15) is 41.0 Å². The van der Waals surface area contributed by atoms with Crippen molar-refractivity contribution in [3.05, 3.63) is 0 Å². The minimum atomic E-state index is -0.928. The highest BCUT2D eigenvalue weighted by molar-refractivity contribution is 5.54. The summed E-state index contributed by atoms with van der Waals surface area (Å²) in [5.41, 5.74) is -0.300. The van der Waals surface area contributed by atoms with Gasteiger partial charge in [-0.1, -0.05) is 0 Å². The fraction of sp³-hybridized carbons (Fsp3) is 0.923. The van der Waals surface area contributed by atoms with Gasteiger partial charge in [0.2, 0.25) is 0 Å². The number of quaternary nitrogens is 1. The summed E-state index contributed by atoms with van der Waals surface area (Å²) in [6, 6.07) is 0.483. The second kappa shape index (κ2) is 4.94. The molecular formula is C13H26N2O2. The van der Waals surface area contributed by atoms with Crippen LogP contribution in [-0.2, 0) is 0 Å². The van der Waals surface area contributed by atoms with Gasteiger partial charge in [-0.2, -0.15) is 0 Å². The number of hydrogen-bond donors (Lipinski definition) is 0. The van der Waals surface area contributed by atoms with E-state index in [0.717, 1.165) is 19.5 Å². The molecule has 4 heteroatoms. The number of rotatable bonds is 1. The molecule has 0 aromatic carbocycles. The number of carboxylic acid groups (broad SMARTS) is 1. The summed E-state index contributed by atoms with van der Waals surface area (Å²) >= 11 is 0. The highest BCUT2D eigenvalue weighted by Crippen LogP contribution is 2.27. The molecule has 0 bridgehead atoms. The van der Waals surface area contributed by atoms with Crippen LogP contribution in [0, 0.1) is 0 Å². The van der Waals surface area contributed by atoms with Gasteiger partial charge in [0.15, 0.2) is 0 Å². The first kappa shape index (κ1) is 14.5. The molecule has 0 N–H and O–H groups in total. The maximum absolute atomic E-state index is 11.6. The minimum Gasteiger partial charge on any atom is -0.498 e. The smallest absolute Gasteiger partial charge is 0.257 e. The Morgan fingerprint density at radius 3 is 2.24 bits per heavy atom. The molecule has 0 aliphatic carbocycles. The van der Waals surface area contributed by atoms with Crippen molar-refractivity contribution < 1.29 is 14.4 Å². The van der Waals surface area contributed by atoms with Gasteiger partial charge in [-0.05, 0) is 34.6 Å². The summed E-state index contributed by atoms with van der Waals surface area (Å²) < 4.78 is 0.0796. The van der Waals surface area contributed by atoms with Crippen LogP contribution in [0.3, 0.4) is 0 Å². The molecule has 1 fully saturated rings. The number of carbonyl (C=O) groups is 1. The highest BCUT2D eigenvalue weighted by Gasteiger charge is 2.43. The lowest BCUT2D eigenvalue weighted by atomic mass is 10.0. The van der Waals surface area contributed by atoms with Gasteiger partial charge in [-0.15, -0.1) is 0 Å². The van der Waals surface area contributed by atoms with E-state index >= 15 is 0 Å². The molecule has 0 aromatic heterocycles. The first-order valence-corrected chi connectivity index (χ1v) is 6.53. The van der Waals surface area contributed by atoms with Crippen molar-refractivity contribution in [1.29, 1.82) is 0 Å². The molecule has 17 heavy (non-hydrogen) atoms. The average Bonchev–Trinajstić information content (AvgIpc) is 2.38. The van der Waals surface area contributed by atoms with E-state index in [1.54, 1.807) is 0 Å². The van der Waals surface area contributed by atoms with Gasteiger partial charge < -0.3 is 9.90 Å². The third-order valence-corrected chi connectivity index (χ3v) is 4.12. The largest absolute Gasteiger partial charge is 0.498 e. The van der Waals surface area contributed by atoms with Crippen LogP contribution >= 0.6 is 0 Å². The van der Waals surface area contributed by atoms with Crippen LogP contribution in [0.2, 0.25) is 0 Å². The predicted molar refractivity (Wildman–Crippen MR) is 66.5 cm³/mol. The Labute approximate surface area is 105 Å². The third-order valence-electron chi connectivity index (χ3n) is 4.12. The predicted octanol–water partition coefficient (Wildman–Crippen LogP) is 1.06. The van der Waals surface area contributed by atoms with Crippen LogP contribution in [0.4, 0.5) is 4.79 Å². The van der Waals surface area contributed by atoms with Crippen LogP contribution in [0.15, 0.2) is 0 Å². The zero-order valence-corrected chi connectivity index (χ0v) is 11.8. The fourth-order valence-electron chi connectivity index (χ4n) is 2.71. The van der Waals surface area contributed by atoms with Crippen molar-refractivity contribution in [3.8, 4) is 0 Å². The zero-order valence-electron chi connectivity index (χ0n) is 11.8. The molecule has 100 valence electrons. The van der Waals surface area contributed by atoms with Crippen LogP contribution in [0.25, 0.3) is 0 Å². The van der Waals surface area contributed by atoms with Crippen molar-refractivity contribution in [1.82, 2.24) is 4.90 Å². The van der Waals surface area contributed by atoms with Gasteiger partial charge in [0, 0.05) is 25.6 Å². The van der Waals surface area contributed by atoms with Crippen LogP contribution in [0.5, 0.6) is 0 Å². The SMILES string of the molecule is CC(C)N1CCC[N+](C(=O)[O-])(C(C)(C)C)CC1. The van der Waals surface area contributed by atoms with Gasteiger partial charge in [0.1, 0.15) is 0 Å². The molecular weight excluding hydrogens is 216 g/mol. The van der Waals surface area contributed by atoms with E-state index in [0.29, 0.717) is 19.1 Å². The molecule has 1 saturated heterocycles. The molecule has 4 nitrogen and oxygen atoms in total. The van der Waals surface area contributed by atoms with E-state index in [9.17, 15) is 9.90 Å². The standard InChI is InChI=1S/C13H26N2O2/c1-11(2)14-7-6-9-15(10-8-14,12(16)17)13(3,4)5/h11H,6-10H2,1-5H3. The van der Waals surface area contributed by atoms with Gasteiger partial charge in [0.25, 0.3) is 6.09 Å². The zero-order chi connectivity index (χ0) is 13.3. The van der Waals surface area contributed by atoms with E-state index < -0.39 is 6.09 Å². The number of carbonyl (C=O) groups excluding carboxylic acids is 1. The summed E-state index contributed by atoms with van der Waals surface area (Å²) in [6.45, 7) is 13.4. The maximum atomic E-state index is 11.6. The molecule has 1 heterocycles. The van der Waals surface area contributed by atoms with E-state index in [4.69, 9.17) is 0 Å². The lowest BCUT2D eigenvalue weighted by Gasteiger charge is -2.47. The first-order valence-electron chi connectivity index (χ1n) is 6.53. The normalized spacial score (nSPS) is 28.1. The first-order chi connectivity index (χ1) is 7.71. The van der Waals surface area contributed by atoms with E-state index in [2.05, 4.69) is 18.7 Å². The number of nitrogens with zero attached hydrogens (tertiary/aromatic N) is 2. The van der Waals surface area contributed by atoms with Crippen molar-refractivity contribution in [2.24, 2.45) is 0 Å². The molecule has 1 atom stereocenters. The Morgan fingerprint density at radius 1 is 1.24 bits per heavy atom. The summed E-state index contributed by atoms with van der Waals surface area (Å²) in [6.07, 6.45) is -0.00761. The number of amides is 1. The lowest BCUT2D eigenvalue weighted by Crippen LogP contribution is -2.68. The Bertz CT molecular complexity index is 284. The fourth-order valence-corrected chi connectivity index (χ4v) is 2.71. The van der Waals surface area contributed by atoms with Crippen molar-refractivity contribution >= 4 is 6.09 Å². The lowest BCUT2D eigenvalue weighted by molar-refractivity contribution is -0.917. The maximum Gasteiger partial charge on any atom is 0.257 e. The average molecular weight is 242 g/mol. The summed E-state index contributed by atoms with van der Waals surface area (Å²) in [7, 11) is 0. The Morgan fingerprint density at radius 2 is 1.82 bits per heavy atom. The molecule has 0 aromatic rings. The van der Waals surface area contributed by atoms with Crippen molar-refractivity contribution in [3.63, 3.8) is 0 Å². The van der Waals surface area contributed by atoms with Gasteiger partial charge in [-0.3, -0.25) is 9.38 Å². The van der Waals surface area contributed by atoms with E-state index in [-0.39, 0.29) is 10.0 Å². The molecule has 0 spiro atoms. The number of hydrogen-bond acceptors (Lipinski definition) is 3.